The molecule has 0 saturated heterocycles. The van der Waals surface area contributed by atoms with Crippen molar-refractivity contribution >= 4 is 40.1 Å². The van der Waals surface area contributed by atoms with Gasteiger partial charge in [-0.1, -0.05) is 12.1 Å². The summed E-state index contributed by atoms with van der Waals surface area (Å²) in [6.07, 6.45) is 0.922. The largest absolute Gasteiger partial charge is 0.437 e. The fourth-order valence-electron chi connectivity index (χ4n) is 3.63. The number of amides is 1. The van der Waals surface area contributed by atoms with E-state index in [1.54, 1.807) is 30.6 Å². The van der Waals surface area contributed by atoms with Gasteiger partial charge in [-0.15, -0.1) is 0 Å². The zero-order chi connectivity index (χ0) is 25.3. The maximum absolute atomic E-state index is 13.2. The van der Waals surface area contributed by atoms with Gasteiger partial charge in [-0.2, -0.15) is 18.2 Å². The number of halogens is 3. The molecule has 0 aliphatic heterocycles. The lowest BCUT2D eigenvalue weighted by molar-refractivity contribution is -0.137. The Morgan fingerprint density at radius 2 is 1.83 bits per heavy atom. The summed E-state index contributed by atoms with van der Waals surface area (Å²) in [6.45, 7) is 0.867. The van der Waals surface area contributed by atoms with Gasteiger partial charge in [0.25, 0.3) is 11.8 Å². The van der Waals surface area contributed by atoms with Gasteiger partial charge in [0.2, 0.25) is 0 Å². The second-order valence-electron chi connectivity index (χ2n) is 8.27. The van der Waals surface area contributed by atoms with Gasteiger partial charge < -0.3 is 14.6 Å². The van der Waals surface area contributed by atoms with Crippen LogP contribution in [0.5, 0.6) is 11.6 Å². The lowest BCUT2D eigenvalue weighted by Crippen LogP contribution is -2.35. The first-order valence-electron chi connectivity index (χ1n) is 11.0. The Morgan fingerprint density at radius 3 is 2.56 bits per heavy atom. The van der Waals surface area contributed by atoms with E-state index in [4.69, 9.17) is 17.0 Å². The Bertz CT molecular complexity index is 1430. The Balaban J connectivity index is 1.23. The molecule has 0 unspecified atom stereocenters. The molecule has 2 aromatic heterocycles. The fourth-order valence-corrected chi connectivity index (χ4v) is 3.84. The third kappa shape index (κ3) is 5.28. The number of benzene rings is 2. The van der Waals surface area contributed by atoms with Crippen molar-refractivity contribution in [3.05, 3.63) is 72.3 Å². The van der Waals surface area contributed by atoms with E-state index in [-0.39, 0.29) is 5.11 Å². The molecule has 5 rings (SSSR count). The Labute approximate surface area is 208 Å². The molecule has 2 heterocycles. The van der Waals surface area contributed by atoms with Crippen LogP contribution in [0.2, 0.25) is 0 Å². The monoisotopic (exact) mass is 512 g/mol. The summed E-state index contributed by atoms with van der Waals surface area (Å²) >= 11 is 5.09. The molecule has 2 N–H and O–H groups in total. The van der Waals surface area contributed by atoms with E-state index in [9.17, 15) is 18.0 Å². The molecule has 36 heavy (non-hydrogen) atoms. The van der Waals surface area contributed by atoms with Gasteiger partial charge in [-0.3, -0.25) is 10.1 Å². The summed E-state index contributed by atoms with van der Waals surface area (Å²) in [4.78, 5) is 25.3. The first-order chi connectivity index (χ1) is 17.3. The maximum atomic E-state index is 13.2. The number of anilines is 1. The number of hydrogen-bond acceptors (Lipinski definition) is 6. The van der Waals surface area contributed by atoms with Crippen molar-refractivity contribution in [2.45, 2.75) is 25.6 Å². The van der Waals surface area contributed by atoms with Gasteiger partial charge in [-0.05, 0) is 67.4 Å². The second kappa shape index (κ2) is 9.53. The number of nitrogens with one attached hydrogen (secondary N) is 2. The molecule has 1 fully saturated rings. The molecule has 2 aromatic carbocycles. The fraction of sp³-hybridized carbons (Fsp3) is 0.208. The highest BCUT2D eigenvalue weighted by Crippen LogP contribution is 2.33. The van der Waals surface area contributed by atoms with Crippen molar-refractivity contribution in [1.29, 1.82) is 0 Å². The number of carbonyl (C=O) groups excluding carboxylic acids is 1. The molecular formula is C24H19F3N6O2S. The molecule has 184 valence electrons. The minimum absolute atomic E-state index is 0.149. The molecule has 1 saturated carbocycles. The van der Waals surface area contributed by atoms with Crippen LogP contribution < -0.4 is 15.4 Å². The Morgan fingerprint density at radius 1 is 1.08 bits per heavy atom. The van der Waals surface area contributed by atoms with E-state index in [0.29, 0.717) is 34.4 Å². The predicted octanol–water partition coefficient (Wildman–Crippen LogP) is 5.17. The molecule has 12 heteroatoms. The Hall–Kier alpha value is -4.06. The predicted molar refractivity (Wildman–Crippen MR) is 130 cm³/mol. The smallest absolute Gasteiger partial charge is 0.417 e. The zero-order valence-electron chi connectivity index (χ0n) is 18.6. The van der Waals surface area contributed by atoms with Crippen molar-refractivity contribution < 1.29 is 22.7 Å². The molecule has 0 radical (unpaired) electrons. The number of alkyl halides is 3. The van der Waals surface area contributed by atoms with Gasteiger partial charge in [0.15, 0.2) is 16.3 Å². The van der Waals surface area contributed by atoms with Crippen LogP contribution in [0.25, 0.3) is 11.2 Å². The van der Waals surface area contributed by atoms with Gasteiger partial charge in [0.05, 0.1) is 17.5 Å². The first-order valence-corrected chi connectivity index (χ1v) is 11.4. The number of nitrogens with zero attached hydrogens (tertiary/aromatic N) is 4. The topological polar surface area (TPSA) is 94.0 Å². The van der Waals surface area contributed by atoms with E-state index >= 15 is 0 Å². The summed E-state index contributed by atoms with van der Waals surface area (Å²) in [5, 5.41) is 4.90. The van der Waals surface area contributed by atoms with Crippen LogP contribution >= 0.6 is 12.2 Å². The number of imidazole rings is 1. The first kappa shape index (κ1) is 23.7. The molecule has 8 nitrogen and oxygen atoms in total. The molecule has 1 aliphatic carbocycles. The second-order valence-corrected chi connectivity index (χ2v) is 8.68. The highest BCUT2D eigenvalue weighted by molar-refractivity contribution is 7.80. The number of hydrogen-bond donors (Lipinski definition) is 2. The van der Waals surface area contributed by atoms with Crippen LogP contribution in [0.1, 0.15) is 28.8 Å². The lowest BCUT2D eigenvalue weighted by Gasteiger charge is -2.14. The number of ether oxygens (including phenoxy) is 1. The minimum Gasteiger partial charge on any atom is -0.437 e. The quantitative estimate of drug-likeness (QED) is 0.344. The van der Waals surface area contributed by atoms with Gasteiger partial charge in [-0.25, -0.2) is 9.97 Å². The molecule has 1 aliphatic rings. The maximum Gasteiger partial charge on any atom is 0.417 e. The van der Waals surface area contributed by atoms with Crippen LogP contribution in [0, 0.1) is 5.92 Å². The SMILES string of the molecule is O=C(NC(=S)Nc1ccc(Oc2ncnc3c2ncn3CC2CC2)cc1)c1ccccc1C(F)(F)F. The summed E-state index contributed by atoms with van der Waals surface area (Å²) in [6, 6.07) is 11.1. The van der Waals surface area contributed by atoms with Crippen molar-refractivity contribution in [3.63, 3.8) is 0 Å². The van der Waals surface area contributed by atoms with E-state index < -0.39 is 23.2 Å². The molecule has 1 amide bonds. The zero-order valence-corrected chi connectivity index (χ0v) is 19.4. The highest BCUT2D eigenvalue weighted by Gasteiger charge is 2.35. The number of aromatic nitrogens is 4. The van der Waals surface area contributed by atoms with Crippen LogP contribution in [0.15, 0.2) is 61.2 Å². The van der Waals surface area contributed by atoms with Crippen molar-refractivity contribution in [2.24, 2.45) is 5.92 Å². The molecular weight excluding hydrogens is 493 g/mol. The van der Waals surface area contributed by atoms with Crippen molar-refractivity contribution in [3.8, 4) is 11.6 Å². The highest BCUT2D eigenvalue weighted by atomic mass is 32.1. The normalized spacial score (nSPS) is 13.4. The van der Waals surface area contributed by atoms with Gasteiger partial charge in [0, 0.05) is 12.2 Å². The number of carbonyl (C=O) groups is 1. The van der Waals surface area contributed by atoms with E-state index in [0.717, 1.165) is 18.7 Å². The average molecular weight is 513 g/mol. The van der Waals surface area contributed by atoms with Gasteiger partial charge >= 0.3 is 6.18 Å². The molecule has 4 aromatic rings. The molecule has 0 spiro atoms. The van der Waals surface area contributed by atoms with Crippen LogP contribution in [-0.4, -0.2) is 30.5 Å². The third-order valence-corrected chi connectivity index (χ3v) is 5.75. The third-order valence-electron chi connectivity index (χ3n) is 5.55. The molecule has 0 atom stereocenters. The average Bonchev–Trinajstić information content (AvgIpc) is 3.57. The minimum atomic E-state index is -4.66. The summed E-state index contributed by atoms with van der Waals surface area (Å²) < 4.78 is 47.4. The van der Waals surface area contributed by atoms with Crippen LogP contribution in [-0.2, 0) is 12.7 Å². The number of fused-ring (bicyclic) bond motifs is 1. The van der Waals surface area contributed by atoms with E-state index in [1.807, 2.05) is 4.57 Å². The number of rotatable bonds is 6. The van der Waals surface area contributed by atoms with Crippen LogP contribution in [0.3, 0.4) is 0 Å². The van der Waals surface area contributed by atoms with Crippen molar-refractivity contribution in [2.75, 3.05) is 5.32 Å². The summed E-state index contributed by atoms with van der Waals surface area (Å²) in [5.74, 6) is 0.499. The lowest BCUT2D eigenvalue weighted by atomic mass is 10.1. The number of thiocarbonyl (C=S) groups is 1. The summed E-state index contributed by atoms with van der Waals surface area (Å²) in [7, 11) is 0. The summed E-state index contributed by atoms with van der Waals surface area (Å²) in [5.41, 5.74) is 0.205. The van der Waals surface area contributed by atoms with E-state index in [2.05, 4.69) is 25.6 Å². The standard InChI is InChI=1S/C24H19F3N6O2S/c25-24(26,27)18-4-2-1-3-17(18)21(34)32-23(36)31-15-7-9-16(10-8-15)35-22-19-20(28-12-29-22)33(13-30-19)11-14-5-6-14/h1-4,7-10,12-14H,5-6,11H2,(H2,31,32,34,36). The van der Waals surface area contributed by atoms with Crippen LogP contribution in [0.4, 0.5) is 18.9 Å². The van der Waals surface area contributed by atoms with E-state index in [1.165, 1.54) is 31.3 Å². The molecule has 0 bridgehead atoms. The Kier molecular flexibility index (Phi) is 6.27. The van der Waals surface area contributed by atoms with Gasteiger partial charge in [0.1, 0.15) is 12.1 Å². The van der Waals surface area contributed by atoms with Crippen molar-refractivity contribution in [1.82, 2.24) is 24.8 Å².